The predicted octanol–water partition coefficient (Wildman–Crippen LogP) is 5.03. The molecule has 2 rings (SSSR count). The summed E-state index contributed by atoms with van der Waals surface area (Å²) in [5, 5.41) is 0. The van der Waals surface area contributed by atoms with E-state index in [1.807, 2.05) is 24.3 Å². The van der Waals surface area contributed by atoms with Crippen LogP contribution in [-0.2, 0) is 0 Å². The maximum absolute atomic E-state index is 12.4. The van der Waals surface area contributed by atoms with Gasteiger partial charge in [-0.15, -0.1) is 0 Å². The fourth-order valence-electron chi connectivity index (χ4n) is 2.15. The number of hydrogen-bond donors (Lipinski definition) is 0. The highest BCUT2D eigenvalue weighted by Gasteiger charge is 2.15. The van der Waals surface area contributed by atoms with E-state index in [-0.39, 0.29) is 5.97 Å². The van der Waals surface area contributed by atoms with Crippen molar-refractivity contribution in [3.05, 3.63) is 57.2 Å². The van der Waals surface area contributed by atoms with Gasteiger partial charge in [0.1, 0.15) is 11.5 Å². The smallest absolute Gasteiger partial charge is 0.343 e. The molecule has 0 amide bonds. The molecule has 0 aliphatic carbocycles. The first-order valence-electron chi connectivity index (χ1n) is 7.21. The number of rotatable bonds is 5. The molecular weight excluding hydrogens is 391 g/mol. The molecule has 2 aromatic rings. The van der Waals surface area contributed by atoms with Crippen LogP contribution in [0.15, 0.2) is 42.5 Å². The zero-order valence-corrected chi connectivity index (χ0v) is 15.1. The van der Waals surface area contributed by atoms with Crippen LogP contribution >= 0.6 is 22.6 Å². The van der Waals surface area contributed by atoms with Crippen molar-refractivity contribution in [3.63, 3.8) is 0 Å². The number of halogens is 1. The fraction of sp³-hybridized carbons (Fsp3) is 0.278. The highest BCUT2D eigenvalue weighted by atomic mass is 127. The quantitative estimate of drug-likeness (QED) is 0.394. The molecule has 0 radical (unpaired) electrons. The van der Waals surface area contributed by atoms with Crippen molar-refractivity contribution in [2.24, 2.45) is 0 Å². The number of ether oxygens (including phenoxy) is 2. The fourth-order valence-corrected chi connectivity index (χ4v) is 2.89. The second-order valence-electron chi connectivity index (χ2n) is 5.09. The molecule has 3 nitrogen and oxygen atoms in total. The van der Waals surface area contributed by atoms with Gasteiger partial charge in [0.15, 0.2) is 0 Å². The standard InChI is InChI=1S/C18H19IO3/c1-4-12(2)14-7-5-6-8-16(14)22-18(20)13-9-10-17(21-3)15(19)11-13/h5-12H,4H2,1-3H3. The summed E-state index contributed by atoms with van der Waals surface area (Å²) in [6, 6.07) is 13.0. The van der Waals surface area contributed by atoms with Crippen LogP contribution in [-0.4, -0.2) is 13.1 Å². The van der Waals surface area contributed by atoms with Gasteiger partial charge in [-0.25, -0.2) is 4.79 Å². The van der Waals surface area contributed by atoms with E-state index in [9.17, 15) is 4.79 Å². The minimum absolute atomic E-state index is 0.347. The zero-order chi connectivity index (χ0) is 16.1. The first-order chi connectivity index (χ1) is 10.6. The highest BCUT2D eigenvalue weighted by molar-refractivity contribution is 14.1. The number of para-hydroxylation sites is 1. The summed E-state index contributed by atoms with van der Waals surface area (Å²) in [7, 11) is 1.61. The molecule has 2 aromatic carbocycles. The highest BCUT2D eigenvalue weighted by Crippen LogP contribution is 2.29. The van der Waals surface area contributed by atoms with E-state index in [4.69, 9.17) is 9.47 Å². The van der Waals surface area contributed by atoms with Crippen LogP contribution in [0.25, 0.3) is 0 Å². The summed E-state index contributed by atoms with van der Waals surface area (Å²) in [6.07, 6.45) is 0.995. The molecule has 0 saturated heterocycles. The molecule has 0 fully saturated rings. The van der Waals surface area contributed by atoms with Crippen molar-refractivity contribution in [1.29, 1.82) is 0 Å². The van der Waals surface area contributed by atoms with Crippen molar-refractivity contribution in [2.75, 3.05) is 7.11 Å². The monoisotopic (exact) mass is 410 g/mol. The second-order valence-corrected chi connectivity index (χ2v) is 6.25. The molecule has 0 aromatic heterocycles. The van der Waals surface area contributed by atoms with Crippen molar-refractivity contribution in [1.82, 2.24) is 0 Å². The predicted molar refractivity (Wildman–Crippen MR) is 95.8 cm³/mol. The third-order valence-electron chi connectivity index (χ3n) is 3.65. The molecule has 0 aliphatic rings. The summed E-state index contributed by atoms with van der Waals surface area (Å²) in [4.78, 5) is 12.4. The Balaban J connectivity index is 2.24. The lowest BCUT2D eigenvalue weighted by Crippen LogP contribution is -2.11. The second kappa shape index (κ2) is 7.63. The summed E-state index contributed by atoms with van der Waals surface area (Å²) < 4.78 is 11.7. The van der Waals surface area contributed by atoms with Gasteiger partial charge in [-0.2, -0.15) is 0 Å². The van der Waals surface area contributed by atoms with E-state index in [2.05, 4.69) is 36.4 Å². The van der Waals surface area contributed by atoms with Crippen molar-refractivity contribution in [3.8, 4) is 11.5 Å². The largest absolute Gasteiger partial charge is 0.496 e. The van der Waals surface area contributed by atoms with Gasteiger partial charge in [0.05, 0.1) is 16.2 Å². The Labute approximate surface area is 144 Å². The number of esters is 1. The van der Waals surface area contributed by atoms with Gasteiger partial charge in [0.25, 0.3) is 0 Å². The Kier molecular flexibility index (Phi) is 5.83. The van der Waals surface area contributed by atoms with Gasteiger partial charge in [0, 0.05) is 0 Å². The van der Waals surface area contributed by atoms with Crippen molar-refractivity contribution >= 4 is 28.6 Å². The van der Waals surface area contributed by atoms with E-state index in [0.29, 0.717) is 17.2 Å². The summed E-state index contributed by atoms with van der Waals surface area (Å²) >= 11 is 2.14. The normalized spacial score (nSPS) is 11.8. The molecule has 0 heterocycles. The Morgan fingerprint density at radius 1 is 1.18 bits per heavy atom. The number of carbonyl (C=O) groups is 1. The van der Waals surface area contributed by atoms with Gasteiger partial charge < -0.3 is 9.47 Å². The number of hydrogen-bond acceptors (Lipinski definition) is 3. The molecule has 0 aliphatic heterocycles. The van der Waals surface area contributed by atoms with Crippen LogP contribution in [0.1, 0.15) is 42.1 Å². The molecule has 1 atom stereocenters. The molecule has 1 unspecified atom stereocenters. The maximum Gasteiger partial charge on any atom is 0.343 e. The van der Waals surface area contributed by atoms with Crippen LogP contribution in [0, 0.1) is 3.57 Å². The first-order valence-corrected chi connectivity index (χ1v) is 8.29. The van der Waals surface area contributed by atoms with Crippen molar-refractivity contribution < 1.29 is 14.3 Å². The van der Waals surface area contributed by atoms with E-state index in [0.717, 1.165) is 21.3 Å². The topological polar surface area (TPSA) is 35.5 Å². The van der Waals surface area contributed by atoms with E-state index in [1.165, 1.54) is 0 Å². The Hall–Kier alpha value is -1.56. The van der Waals surface area contributed by atoms with Gasteiger partial charge >= 0.3 is 5.97 Å². The Morgan fingerprint density at radius 2 is 1.91 bits per heavy atom. The summed E-state index contributed by atoms with van der Waals surface area (Å²) in [5.41, 5.74) is 1.57. The number of carbonyl (C=O) groups excluding carboxylic acids is 1. The molecule has 22 heavy (non-hydrogen) atoms. The van der Waals surface area contributed by atoms with E-state index >= 15 is 0 Å². The number of benzene rings is 2. The molecule has 0 bridgehead atoms. The van der Waals surface area contributed by atoms with Crippen LogP contribution in [0.3, 0.4) is 0 Å². The first kappa shape index (κ1) is 16.8. The molecule has 0 saturated carbocycles. The maximum atomic E-state index is 12.4. The van der Waals surface area contributed by atoms with Gasteiger partial charge in [-0.1, -0.05) is 32.0 Å². The molecule has 116 valence electrons. The van der Waals surface area contributed by atoms with Crippen molar-refractivity contribution in [2.45, 2.75) is 26.2 Å². The number of methoxy groups -OCH3 is 1. The van der Waals surface area contributed by atoms with E-state index < -0.39 is 0 Å². The third-order valence-corrected chi connectivity index (χ3v) is 4.50. The third kappa shape index (κ3) is 3.80. The minimum atomic E-state index is -0.351. The van der Waals surface area contributed by atoms with Crippen LogP contribution in [0.5, 0.6) is 11.5 Å². The Bertz CT molecular complexity index is 667. The zero-order valence-electron chi connectivity index (χ0n) is 12.9. The van der Waals surface area contributed by atoms with Gasteiger partial charge in [0.2, 0.25) is 0 Å². The van der Waals surface area contributed by atoms with E-state index in [1.54, 1.807) is 25.3 Å². The van der Waals surface area contributed by atoms with Crippen LogP contribution in [0.2, 0.25) is 0 Å². The lowest BCUT2D eigenvalue weighted by molar-refractivity contribution is 0.0732. The Morgan fingerprint density at radius 3 is 2.55 bits per heavy atom. The molecular formula is C18H19IO3. The average molecular weight is 410 g/mol. The summed E-state index contributed by atoms with van der Waals surface area (Å²) in [6.45, 7) is 4.25. The molecule has 4 heteroatoms. The van der Waals surface area contributed by atoms with Gasteiger partial charge in [-0.3, -0.25) is 0 Å². The average Bonchev–Trinajstić information content (AvgIpc) is 2.54. The molecule has 0 spiro atoms. The van der Waals surface area contributed by atoms with Crippen LogP contribution in [0.4, 0.5) is 0 Å². The SMILES string of the molecule is CCC(C)c1ccccc1OC(=O)c1ccc(OC)c(I)c1. The lowest BCUT2D eigenvalue weighted by atomic mass is 9.98. The van der Waals surface area contributed by atoms with Gasteiger partial charge in [-0.05, 0) is 64.8 Å². The van der Waals surface area contributed by atoms with Crippen LogP contribution < -0.4 is 9.47 Å². The minimum Gasteiger partial charge on any atom is -0.496 e. The summed E-state index contributed by atoms with van der Waals surface area (Å²) in [5.74, 6) is 1.38. The molecule has 0 N–H and O–H groups in total. The lowest BCUT2D eigenvalue weighted by Gasteiger charge is -2.14.